The predicted molar refractivity (Wildman–Crippen MR) is 67.3 cm³/mol. The molecule has 0 aliphatic carbocycles. The van der Waals surface area contributed by atoms with Gasteiger partial charge in [0.05, 0.1) is 6.54 Å². The Morgan fingerprint density at radius 1 is 1.33 bits per heavy atom. The lowest BCUT2D eigenvalue weighted by molar-refractivity contribution is -0.121. The summed E-state index contributed by atoms with van der Waals surface area (Å²) in [5.41, 5.74) is 7.33. The first kappa shape index (κ1) is 12.1. The van der Waals surface area contributed by atoms with E-state index in [1.807, 2.05) is 24.3 Å². The van der Waals surface area contributed by atoms with Crippen molar-refractivity contribution in [2.24, 2.45) is 0 Å². The third-order valence-corrected chi connectivity index (χ3v) is 2.50. The Kier molecular flexibility index (Phi) is 3.90. The highest BCUT2D eigenvalue weighted by molar-refractivity contribution is 5.75. The number of hydrogen-bond acceptors (Lipinski definition) is 4. The first-order valence-electron chi connectivity index (χ1n) is 5.67. The molecule has 1 amide bonds. The Hall–Kier alpha value is -2.37. The molecule has 3 N–H and O–H groups in total. The van der Waals surface area contributed by atoms with Gasteiger partial charge in [-0.1, -0.05) is 12.1 Å². The summed E-state index contributed by atoms with van der Waals surface area (Å²) >= 11 is 0. The second-order valence-electron chi connectivity index (χ2n) is 3.93. The fourth-order valence-electron chi connectivity index (χ4n) is 1.49. The molecule has 1 aromatic carbocycles. The van der Waals surface area contributed by atoms with Gasteiger partial charge in [0.25, 0.3) is 0 Å². The Bertz CT molecular complexity index is 492. The van der Waals surface area contributed by atoms with E-state index in [0.29, 0.717) is 19.5 Å². The maximum absolute atomic E-state index is 11.6. The standard InChI is InChI=1S/C12H15N5O/c13-11-3-1-10(2-4-11)7-15-12(18)5-6-17-9-14-8-16-17/h1-4,8-9H,5-7,13H2,(H,15,18). The van der Waals surface area contributed by atoms with Crippen LogP contribution < -0.4 is 11.1 Å². The molecular weight excluding hydrogens is 230 g/mol. The third-order valence-electron chi connectivity index (χ3n) is 2.50. The molecule has 94 valence electrons. The van der Waals surface area contributed by atoms with E-state index >= 15 is 0 Å². The number of rotatable bonds is 5. The van der Waals surface area contributed by atoms with Gasteiger partial charge in [-0.15, -0.1) is 0 Å². The van der Waals surface area contributed by atoms with E-state index < -0.39 is 0 Å². The Morgan fingerprint density at radius 2 is 2.11 bits per heavy atom. The van der Waals surface area contributed by atoms with E-state index in [1.165, 1.54) is 6.33 Å². The number of nitrogens with one attached hydrogen (secondary N) is 1. The summed E-state index contributed by atoms with van der Waals surface area (Å²) in [6.07, 6.45) is 3.43. The smallest absolute Gasteiger partial charge is 0.222 e. The molecule has 0 aliphatic heterocycles. The maximum atomic E-state index is 11.6. The van der Waals surface area contributed by atoms with Gasteiger partial charge in [-0.25, -0.2) is 4.98 Å². The van der Waals surface area contributed by atoms with Gasteiger partial charge in [0, 0.05) is 18.7 Å². The van der Waals surface area contributed by atoms with Crippen molar-refractivity contribution in [3.05, 3.63) is 42.5 Å². The number of nitrogen functional groups attached to an aromatic ring is 1. The number of nitrogens with two attached hydrogens (primary N) is 1. The van der Waals surface area contributed by atoms with Crippen LogP contribution in [0, 0.1) is 0 Å². The summed E-state index contributed by atoms with van der Waals surface area (Å²) < 4.78 is 1.63. The molecule has 1 heterocycles. The molecule has 0 radical (unpaired) electrons. The number of carbonyl (C=O) groups is 1. The Morgan fingerprint density at radius 3 is 2.78 bits per heavy atom. The average molecular weight is 245 g/mol. The van der Waals surface area contributed by atoms with Gasteiger partial charge in [-0.3, -0.25) is 9.48 Å². The maximum Gasteiger partial charge on any atom is 0.222 e. The second kappa shape index (κ2) is 5.81. The SMILES string of the molecule is Nc1ccc(CNC(=O)CCn2cncn2)cc1. The van der Waals surface area contributed by atoms with E-state index in [-0.39, 0.29) is 5.91 Å². The number of aryl methyl sites for hydroxylation is 1. The highest BCUT2D eigenvalue weighted by atomic mass is 16.1. The van der Waals surface area contributed by atoms with Crippen LogP contribution >= 0.6 is 0 Å². The molecule has 0 atom stereocenters. The number of hydrogen-bond donors (Lipinski definition) is 2. The number of benzene rings is 1. The molecule has 0 unspecified atom stereocenters. The molecule has 2 rings (SSSR count). The predicted octanol–water partition coefficient (Wildman–Crippen LogP) is 0.567. The van der Waals surface area contributed by atoms with Crippen molar-refractivity contribution in [1.82, 2.24) is 20.1 Å². The molecule has 2 aromatic rings. The van der Waals surface area contributed by atoms with Gasteiger partial charge in [-0.05, 0) is 17.7 Å². The van der Waals surface area contributed by atoms with Crippen molar-refractivity contribution in [3.8, 4) is 0 Å². The molecule has 6 heteroatoms. The molecule has 0 bridgehead atoms. The summed E-state index contributed by atoms with van der Waals surface area (Å²) in [7, 11) is 0. The highest BCUT2D eigenvalue weighted by Gasteiger charge is 2.02. The van der Waals surface area contributed by atoms with Crippen LogP contribution in [-0.2, 0) is 17.9 Å². The normalized spacial score (nSPS) is 10.2. The number of anilines is 1. The Labute approximate surface area is 105 Å². The zero-order valence-electron chi connectivity index (χ0n) is 9.91. The van der Waals surface area contributed by atoms with Crippen molar-refractivity contribution in [2.75, 3.05) is 5.73 Å². The molecule has 18 heavy (non-hydrogen) atoms. The highest BCUT2D eigenvalue weighted by Crippen LogP contribution is 2.04. The largest absolute Gasteiger partial charge is 0.399 e. The van der Waals surface area contributed by atoms with Crippen LogP contribution in [0.1, 0.15) is 12.0 Å². The lowest BCUT2D eigenvalue weighted by Crippen LogP contribution is -2.24. The molecule has 6 nitrogen and oxygen atoms in total. The second-order valence-corrected chi connectivity index (χ2v) is 3.93. The molecular formula is C12H15N5O. The zero-order valence-corrected chi connectivity index (χ0v) is 9.91. The lowest BCUT2D eigenvalue weighted by atomic mass is 10.2. The van der Waals surface area contributed by atoms with Gasteiger partial charge >= 0.3 is 0 Å². The van der Waals surface area contributed by atoms with Crippen molar-refractivity contribution >= 4 is 11.6 Å². The van der Waals surface area contributed by atoms with Crippen LogP contribution in [0.2, 0.25) is 0 Å². The lowest BCUT2D eigenvalue weighted by Gasteiger charge is -2.05. The van der Waals surface area contributed by atoms with Gasteiger partial charge in [0.1, 0.15) is 12.7 Å². The first-order chi connectivity index (χ1) is 8.74. The van der Waals surface area contributed by atoms with Crippen LogP contribution in [0.4, 0.5) is 5.69 Å². The minimum Gasteiger partial charge on any atom is -0.399 e. The van der Waals surface area contributed by atoms with E-state index in [2.05, 4.69) is 15.4 Å². The van der Waals surface area contributed by atoms with E-state index in [0.717, 1.165) is 11.3 Å². The van der Waals surface area contributed by atoms with Gasteiger partial charge in [-0.2, -0.15) is 5.10 Å². The summed E-state index contributed by atoms with van der Waals surface area (Å²) in [6.45, 7) is 1.05. The molecule has 1 aromatic heterocycles. The number of nitrogens with zero attached hydrogens (tertiary/aromatic N) is 3. The van der Waals surface area contributed by atoms with Crippen molar-refractivity contribution < 1.29 is 4.79 Å². The first-order valence-corrected chi connectivity index (χ1v) is 5.67. The van der Waals surface area contributed by atoms with Crippen molar-refractivity contribution in [3.63, 3.8) is 0 Å². The molecule has 0 spiro atoms. The van der Waals surface area contributed by atoms with Crippen molar-refractivity contribution in [1.29, 1.82) is 0 Å². The van der Waals surface area contributed by atoms with Crippen LogP contribution in [0.15, 0.2) is 36.9 Å². The third kappa shape index (κ3) is 3.58. The van der Waals surface area contributed by atoms with Crippen LogP contribution in [-0.4, -0.2) is 20.7 Å². The van der Waals surface area contributed by atoms with Gasteiger partial charge < -0.3 is 11.1 Å². The summed E-state index contributed by atoms with van der Waals surface area (Å²) in [5, 5.41) is 6.77. The van der Waals surface area contributed by atoms with E-state index in [9.17, 15) is 4.79 Å². The van der Waals surface area contributed by atoms with E-state index in [4.69, 9.17) is 5.73 Å². The summed E-state index contributed by atoms with van der Waals surface area (Å²) in [6, 6.07) is 7.42. The number of amides is 1. The average Bonchev–Trinajstić information content (AvgIpc) is 2.89. The number of aromatic nitrogens is 3. The molecule has 0 aliphatic rings. The van der Waals surface area contributed by atoms with Crippen LogP contribution in [0.3, 0.4) is 0 Å². The monoisotopic (exact) mass is 245 g/mol. The van der Waals surface area contributed by atoms with Gasteiger partial charge in [0.2, 0.25) is 5.91 Å². The number of carbonyl (C=O) groups excluding carboxylic acids is 1. The minimum absolute atomic E-state index is 0.0117. The van der Waals surface area contributed by atoms with Crippen LogP contribution in [0.25, 0.3) is 0 Å². The van der Waals surface area contributed by atoms with Gasteiger partial charge in [0.15, 0.2) is 0 Å². The fourth-order valence-corrected chi connectivity index (χ4v) is 1.49. The topological polar surface area (TPSA) is 85.8 Å². The Balaban J connectivity index is 1.73. The molecule has 0 fully saturated rings. The summed E-state index contributed by atoms with van der Waals surface area (Å²) in [5.74, 6) is -0.0117. The van der Waals surface area contributed by atoms with Crippen LogP contribution in [0.5, 0.6) is 0 Å². The minimum atomic E-state index is -0.0117. The summed E-state index contributed by atoms with van der Waals surface area (Å²) in [4.78, 5) is 15.4. The molecule has 0 saturated heterocycles. The quantitative estimate of drug-likeness (QED) is 0.754. The zero-order chi connectivity index (χ0) is 12.8. The fraction of sp³-hybridized carbons (Fsp3) is 0.250. The molecule has 0 saturated carbocycles. The van der Waals surface area contributed by atoms with Crippen molar-refractivity contribution in [2.45, 2.75) is 19.5 Å². The van der Waals surface area contributed by atoms with E-state index in [1.54, 1.807) is 11.0 Å².